The molecule has 150 valence electrons. The largest absolute Gasteiger partial charge is 0.387 e. The first-order valence-corrected chi connectivity index (χ1v) is 10.9. The van der Waals surface area contributed by atoms with Crippen molar-refractivity contribution >= 4 is 28.4 Å². The van der Waals surface area contributed by atoms with Crippen LogP contribution in [-0.2, 0) is 0 Å². The molecule has 5 heteroatoms. The van der Waals surface area contributed by atoms with Crippen molar-refractivity contribution in [2.45, 2.75) is 30.1 Å². The second kappa shape index (κ2) is 7.42. The number of thioether (sulfide) groups is 1. The third-order valence-electron chi connectivity index (χ3n) is 5.76. The summed E-state index contributed by atoms with van der Waals surface area (Å²) in [6.45, 7) is 3.75. The van der Waals surface area contributed by atoms with E-state index in [0.29, 0.717) is 0 Å². The minimum absolute atomic E-state index is 0.173. The van der Waals surface area contributed by atoms with Gasteiger partial charge in [0.2, 0.25) is 0 Å². The number of nitrogens with zero attached hydrogens (tertiary/aromatic N) is 2. The van der Waals surface area contributed by atoms with Crippen LogP contribution in [0.4, 0.5) is 0 Å². The van der Waals surface area contributed by atoms with Crippen LogP contribution in [0.5, 0.6) is 0 Å². The Morgan fingerprint density at radius 2 is 1.70 bits per heavy atom. The number of carbonyl (C=O) groups is 1. The van der Waals surface area contributed by atoms with Crippen LogP contribution in [-0.4, -0.2) is 20.8 Å². The number of aliphatic hydroxyl groups is 1. The van der Waals surface area contributed by atoms with Crippen molar-refractivity contribution < 1.29 is 9.90 Å². The van der Waals surface area contributed by atoms with Gasteiger partial charge in [0.25, 0.3) is 5.91 Å². The Bertz CT molecular complexity index is 1260. The van der Waals surface area contributed by atoms with Gasteiger partial charge in [0, 0.05) is 15.8 Å². The second-order valence-corrected chi connectivity index (χ2v) is 9.01. The molecule has 0 spiro atoms. The van der Waals surface area contributed by atoms with E-state index >= 15 is 0 Å². The van der Waals surface area contributed by atoms with Crippen LogP contribution >= 0.6 is 11.8 Å². The van der Waals surface area contributed by atoms with Crippen LogP contribution in [0.25, 0.3) is 10.8 Å². The maximum absolute atomic E-state index is 13.6. The molecule has 1 aliphatic rings. The quantitative estimate of drug-likeness (QED) is 0.471. The van der Waals surface area contributed by atoms with Crippen LogP contribution in [0.1, 0.15) is 38.7 Å². The summed E-state index contributed by atoms with van der Waals surface area (Å²) in [6.07, 6.45) is -0.893. The summed E-state index contributed by atoms with van der Waals surface area (Å²) < 4.78 is 1.45. The van der Waals surface area contributed by atoms with Gasteiger partial charge in [0.05, 0.1) is 17.7 Å². The first kappa shape index (κ1) is 19.1. The van der Waals surface area contributed by atoms with Crippen LogP contribution in [0.2, 0.25) is 0 Å². The Labute approximate surface area is 179 Å². The average molecular weight is 415 g/mol. The Morgan fingerprint density at radius 3 is 2.47 bits per heavy atom. The van der Waals surface area contributed by atoms with E-state index in [0.717, 1.165) is 38.2 Å². The maximum Gasteiger partial charge on any atom is 0.254 e. The zero-order chi connectivity index (χ0) is 20.8. The number of rotatable bonds is 2. The SMILES string of the molecule is Cc1cc(C)n(C(=O)[C@H]2[C@H](O)c3ccccc3S[C@@H]2c2ccc3ccccc3c2)n1. The van der Waals surface area contributed by atoms with E-state index in [-0.39, 0.29) is 11.2 Å². The molecule has 0 saturated heterocycles. The number of aryl methyl sites for hydroxylation is 2. The third kappa shape index (κ3) is 3.15. The van der Waals surface area contributed by atoms with Crippen molar-refractivity contribution in [2.24, 2.45) is 5.92 Å². The molecule has 4 aromatic rings. The van der Waals surface area contributed by atoms with Gasteiger partial charge in [-0.1, -0.05) is 54.6 Å². The lowest BCUT2D eigenvalue weighted by molar-refractivity contribution is 0.0549. The Morgan fingerprint density at radius 1 is 0.967 bits per heavy atom. The minimum atomic E-state index is -0.893. The number of carbonyl (C=O) groups excluding carboxylic acids is 1. The van der Waals surface area contributed by atoms with Gasteiger partial charge in [-0.25, -0.2) is 4.68 Å². The highest BCUT2D eigenvalue weighted by Gasteiger charge is 2.43. The van der Waals surface area contributed by atoms with E-state index in [1.165, 1.54) is 4.68 Å². The van der Waals surface area contributed by atoms with Crippen molar-refractivity contribution in [3.8, 4) is 0 Å². The fourth-order valence-corrected chi connectivity index (χ4v) is 5.77. The molecule has 0 aliphatic carbocycles. The molecule has 0 saturated carbocycles. The zero-order valence-electron chi connectivity index (χ0n) is 16.8. The molecule has 2 heterocycles. The normalized spacial score (nSPS) is 20.8. The number of fused-ring (bicyclic) bond motifs is 2. The standard InChI is InChI=1S/C25H22N2O2S/c1-15-13-16(2)27(26-15)25(29)22-23(28)20-9-5-6-10-21(20)30-24(22)19-12-11-17-7-3-4-8-18(17)14-19/h3-14,22-24,28H,1-2H3/t22-,23+,24+/m0/s1. The van der Waals surface area contributed by atoms with Gasteiger partial charge >= 0.3 is 0 Å². The van der Waals surface area contributed by atoms with E-state index in [1.54, 1.807) is 11.8 Å². The first-order chi connectivity index (χ1) is 14.5. The molecule has 0 amide bonds. The summed E-state index contributed by atoms with van der Waals surface area (Å²) in [5, 5.41) is 17.8. The van der Waals surface area contributed by atoms with Crippen LogP contribution in [0.15, 0.2) is 77.7 Å². The Hall–Kier alpha value is -2.89. The highest BCUT2D eigenvalue weighted by molar-refractivity contribution is 7.99. The van der Waals surface area contributed by atoms with E-state index in [9.17, 15) is 9.90 Å². The number of aromatic nitrogens is 2. The van der Waals surface area contributed by atoms with Gasteiger partial charge < -0.3 is 5.11 Å². The molecule has 5 rings (SSSR count). The summed E-state index contributed by atoms with van der Waals surface area (Å²) in [7, 11) is 0. The van der Waals surface area contributed by atoms with Crippen molar-refractivity contribution in [3.05, 3.63) is 95.3 Å². The number of aliphatic hydroxyl groups excluding tert-OH is 1. The van der Waals surface area contributed by atoms with E-state index in [1.807, 2.05) is 56.3 Å². The van der Waals surface area contributed by atoms with Crippen molar-refractivity contribution in [1.82, 2.24) is 9.78 Å². The Balaban J connectivity index is 1.65. The molecule has 30 heavy (non-hydrogen) atoms. The lowest BCUT2D eigenvalue weighted by atomic mass is 9.87. The number of hydrogen-bond acceptors (Lipinski definition) is 4. The average Bonchev–Trinajstić information content (AvgIpc) is 3.11. The lowest BCUT2D eigenvalue weighted by Crippen LogP contribution is -2.35. The van der Waals surface area contributed by atoms with Crippen molar-refractivity contribution in [1.29, 1.82) is 0 Å². The Kier molecular flexibility index (Phi) is 4.72. The van der Waals surface area contributed by atoms with Gasteiger partial charge in [-0.15, -0.1) is 11.8 Å². The van der Waals surface area contributed by atoms with Gasteiger partial charge in [-0.05, 0) is 53.9 Å². The molecule has 3 aromatic carbocycles. The van der Waals surface area contributed by atoms with Gasteiger partial charge in [-0.3, -0.25) is 4.79 Å². The van der Waals surface area contributed by atoms with Gasteiger partial charge in [0.15, 0.2) is 0 Å². The topological polar surface area (TPSA) is 55.1 Å². The molecule has 1 aliphatic heterocycles. The fraction of sp³-hybridized carbons (Fsp3) is 0.200. The first-order valence-electron chi connectivity index (χ1n) is 10.0. The third-order valence-corrected chi connectivity index (χ3v) is 7.21. The fourth-order valence-electron chi connectivity index (χ4n) is 4.32. The molecular formula is C25H22N2O2S. The minimum Gasteiger partial charge on any atom is -0.387 e. The molecule has 3 atom stereocenters. The summed E-state index contributed by atoms with van der Waals surface area (Å²) >= 11 is 1.64. The van der Waals surface area contributed by atoms with Gasteiger partial charge in [-0.2, -0.15) is 5.10 Å². The van der Waals surface area contributed by atoms with E-state index in [2.05, 4.69) is 35.4 Å². The highest BCUT2D eigenvalue weighted by atomic mass is 32.2. The van der Waals surface area contributed by atoms with E-state index < -0.39 is 12.0 Å². The van der Waals surface area contributed by atoms with E-state index in [4.69, 9.17) is 0 Å². The highest BCUT2D eigenvalue weighted by Crippen LogP contribution is 2.53. The lowest BCUT2D eigenvalue weighted by Gasteiger charge is -2.35. The van der Waals surface area contributed by atoms with Crippen LogP contribution < -0.4 is 0 Å². The molecule has 4 nitrogen and oxygen atoms in total. The summed E-state index contributed by atoms with van der Waals surface area (Å²) in [6, 6.07) is 24.2. The number of benzene rings is 3. The van der Waals surface area contributed by atoms with Crippen molar-refractivity contribution in [2.75, 3.05) is 0 Å². The smallest absolute Gasteiger partial charge is 0.254 e. The number of hydrogen-bond donors (Lipinski definition) is 1. The summed E-state index contributed by atoms with van der Waals surface area (Å²) in [4.78, 5) is 14.6. The maximum atomic E-state index is 13.6. The predicted octanol–water partition coefficient (Wildman–Crippen LogP) is 5.49. The molecule has 0 bridgehead atoms. The van der Waals surface area contributed by atoms with Crippen LogP contribution in [0, 0.1) is 19.8 Å². The molecule has 1 aromatic heterocycles. The van der Waals surface area contributed by atoms with Crippen LogP contribution in [0.3, 0.4) is 0 Å². The second-order valence-electron chi connectivity index (χ2n) is 7.83. The molecule has 0 unspecified atom stereocenters. The summed E-state index contributed by atoms with van der Waals surface area (Å²) in [5.74, 6) is -0.808. The van der Waals surface area contributed by atoms with Crippen molar-refractivity contribution in [3.63, 3.8) is 0 Å². The zero-order valence-corrected chi connectivity index (χ0v) is 17.6. The predicted molar refractivity (Wildman–Crippen MR) is 120 cm³/mol. The van der Waals surface area contributed by atoms with Gasteiger partial charge in [0.1, 0.15) is 0 Å². The molecule has 1 N–H and O–H groups in total. The molecule has 0 fully saturated rings. The molecule has 0 radical (unpaired) electrons. The molecular weight excluding hydrogens is 392 g/mol. The monoisotopic (exact) mass is 414 g/mol. The summed E-state index contributed by atoms with van der Waals surface area (Å²) in [5.41, 5.74) is 3.42.